The maximum absolute atomic E-state index is 14.3. The Morgan fingerprint density at radius 3 is 2.27 bits per heavy atom. The summed E-state index contributed by atoms with van der Waals surface area (Å²) in [5, 5.41) is 0. The highest BCUT2D eigenvalue weighted by molar-refractivity contribution is 5.98. The van der Waals surface area contributed by atoms with Gasteiger partial charge < -0.3 is 9.64 Å². The van der Waals surface area contributed by atoms with Crippen molar-refractivity contribution in [1.82, 2.24) is 9.80 Å². The first-order valence-electron chi connectivity index (χ1n) is 13.5. The van der Waals surface area contributed by atoms with E-state index < -0.39 is 0 Å². The van der Waals surface area contributed by atoms with E-state index >= 15 is 0 Å². The molecule has 0 saturated heterocycles. The molecule has 1 fully saturated rings. The maximum Gasteiger partial charge on any atom is 0.258 e. The Bertz CT molecular complexity index is 1350. The van der Waals surface area contributed by atoms with Crippen molar-refractivity contribution in [1.29, 1.82) is 0 Å². The smallest absolute Gasteiger partial charge is 0.258 e. The molecule has 4 heteroatoms. The Balaban J connectivity index is 1.44. The number of amides is 1. The number of carbonyl (C=O) groups is 1. The van der Waals surface area contributed by atoms with Crippen LogP contribution in [0.2, 0.25) is 0 Å². The van der Waals surface area contributed by atoms with Crippen LogP contribution in [0.25, 0.3) is 5.57 Å². The first kappa shape index (κ1) is 24.0. The maximum atomic E-state index is 14.3. The molecule has 0 bridgehead atoms. The summed E-state index contributed by atoms with van der Waals surface area (Å²) in [7, 11) is 6.07. The van der Waals surface area contributed by atoms with Crippen LogP contribution >= 0.6 is 0 Å². The minimum absolute atomic E-state index is 0.0324. The molecule has 0 unspecified atom stereocenters. The third-order valence-electron chi connectivity index (χ3n) is 9.39. The zero-order chi connectivity index (χ0) is 25.6. The standard InChI is InChI=1S/C33H36N2O2/c1-34(2)32(25-12-5-4-6-13-25)18-20-33(21-19-32)29-23-24-11-7-8-14-26(24)27(29)17-22-35(33)31(36)28-15-9-10-16-30(28)37-3/h4-16H,17-23H2,1-3H3. The summed E-state index contributed by atoms with van der Waals surface area (Å²) in [6, 6.07) is 27.5. The predicted molar refractivity (Wildman–Crippen MR) is 149 cm³/mol. The van der Waals surface area contributed by atoms with E-state index in [2.05, 4.69) is 78.5 Å². The van der Waals surface area contributed by atoms with Crippen LogP contribution in [0.1, 0.15) is 59.2 Å². The van der Waals surface area contributed by atoms with Crippen LogP contribution in [0.15, 0.2) is 84.4 Å². The molecular formula is C33H36N2O2. The first-order valence-corrected chi connectivity index (χ1v) is 13.5. The Hall–Kier alpha value is -3.37. The van der Waals surface area contributed by atoms with Crippen LogP contribution in [0, 0.1) is 0 Å². The Morgan fingerprint density at radius 2 is 1.54 bits per heavy atom. The molecule has 1 heterocycles. The Morgan fingerprint density at radius 1 is 0.865 bits per heavy atom. The van der Waals surface area contributed by atoms with Crippen LogP contribution in [0.3, 0.4) is 0 Å². The number of rotatable bonds is 4. The van der Waals surface area contributed by atoms with E-state index in [1.54, 1.807) is 7.11 Å². The third kappa shape index (κ3) is 3.65. The van der Waals surface area contributed by atoms with Gasteiger partial charge in [-0.1, -0.05) is 66.7 Å². The van der Waals surface area contributed by atoms with E-state index in [1.165, 1.54) is 27.8 Å². The van der Waals surface area contributed by atoms with Gasteiger partial charge >= 0.3 is 0 Å². The highest BCUT2D eigenvalue weighted by Crippen LogP contribution is 2.55. The molecule has 2 aliphatic carbocycles. The van der Waals surface area contributed by atoms with E-state index in [1.807, 2.05) is 24.3 Å². The van der Waals surface area contributed by atoms with Gasteiger partial charge in [0.25, 0.3) is 5.91 Å². The first-order chi connectivity index (χ1) is 18.0. The van der Waals surface area contributed by atoms with Gasteiger partial charge in [-0.2, -0.15) is 0 Å². The number of fused-ring (bicyclic) bond motifs is 3. The summed E-state index contributed by atoms with van der Waals surface area (Å²) in [6.45, 7) is 0.740. The number of carbonyl (C=O) groups excluding carboxylic acids is 1. The second-order valence-corrected chi connectivity index (χ2v) is 11.0. The van der Waals surface area contributed by atoms with E-state index in [0.717, 1.165) is 45.1 Å². The summed E-state index contributed by atoms with van der Waals surface area (Å²) in [5.41, 5.74) is 7.49. The number of nitrogens with zero attached hydrogens (tertiary/aromatic N) is 2. The van der Waals surface area contributed by atoms with Gasteiger partial charge in [0, 0.05) is 12.1 Å². The molecule has 0 atom stereocenters. The Kier molecular flexibility index (Phi) is 5.95. The van der Waals surface area contributed by atoms with E-state index in [4.69, 9.17) is 4.74 Å². The zero-order valence-corrected chi connectivity index (χ0v) is 22.2. The van der Waals surface area contributed by atoms with Crippen molar-refractivity contribution in [2.75, 3.05) is 27.7 Å². The highest BCUT2D eigenvalue weighted by atomic mass is 16.5. The molecule has 37 heavy (non-hydrogen) atoms. The summed E-state index contributed by atoms with van der Waals surface area (Å²) in [4.78, 5) is 18.9. The van der Waals surface area contributed by atoms with Crippen molar-refractivity contribution in [2.24, 2.45) is 0 Å². The summed E-state index contributed by atoms with van der Waals surface area (Å²) >= 11 is 0. The quantitative estimate of drug-likeness (QED) is 0.427. The lowest BCUT2D eigenvalue weighted by atomic mass is 9.63. The summed E-state index contributed by atoms with van der Waals surface area (Å²) in [5.74, 6) is 0.747. The fourth-order valence-corrected chi connectivity index (χ4v) is 7.41. The van der Waals surface area contributed by atoms with Gasteiger partial charge in [-0.25, -0.2) is 0 Å². The van der Waals surface area contributed by atoms with Gasteiger partial charge in [-0.3, -0.25) is 9.69 Å². The summed E-state index contributed by atoms with van der Waals surface area (Å²) < 4.78 is 5.63. The highest BCUT2D eigenvalue weighted by Gasteiger charge is 2.54. The fourth-order valence-electron chi connectivity index (χ4n) is 7.41. The van der Waals surface area contributed by atoms with Crippen molar-refractivity contribution in [2.45, 2.75) is 49.6 Å². The van der Waals surface area contributed by atoms with Gasteiger partial charge in [0.05, 0.1) is 18.2 Å². The molecule has 3 aromatic carbocycles. The van der Waals surface area contributed by atoms with Crippen molar-refractivity contribution in [3.8, 4) is 5.75 Å². The average Bonchev–Trinajstić information content (AvgIpc) is 3.34. The molecule has 6 rings (SSSR count). The number of ether oxygens (including phenoxy) is 1. The van der Waals surface area contributed by atoms with Crippen LogP contribution in [-0.4, -0.2) is 49.0 Å². The van der Waals surface area contributed by atoms with E-state index in [0.29, 0.717) is 11.3 Å². The molecule has 1 saturated carbocycles. The van der Waals surface area contributed by atoms with Gasteiger partial charge in [-0.05, 0) is 92.6 Å². The van der Waals surface area contributed by atoms with Gasteiger partial charge in [-0.15, -0.1) is 0 Å². The molecule has 3 aromatic rings. The molecule has 1 aliphatic heterocycles. The normalized spacial score (nSPS) is 24.8. The number of benzene rings is 3. The van der Waals surface area contributed by atoms with Crippen LogP contribution in [-0.2, 0) is 12.0 Å². The van der Waals surface area contributed by atoms with E-state index in [9.17, 15) is 4.79 Å². The van der Waals surface area contributed by atoms with Crippen LogP contribution in [0.5, 0.6) is 5.75 Å². The molecule has 0 aromatic heterocycles. The Labute approximate surface area is 220 Å². The van der Waals surface area contributed by atoms with Crippen molar-refractivity contribution < 1.29 is 9.53 Å². The molecular weight excluding hydrogens is 456 g/mol. The van der Waals surface area contributed by atoms with Crippen molar-refractivity contribution in [3.05, 3.63) is 107 Å². The second kappa shape index (κ2) is 9.18. The SMILES string of the molecule is COc1ccccc1C(=O)N1CCC2=C(Cc3ccccc32)C12CCC(c1ccccc1)(N(C)C)CC2. The topological polar surface area (TPSA) is 32.8 Å². The predicted octanol–water partition coefficient (Wildman–Crippen LogP) is 6.32. The van der Waals surface area contributed by atoms with Crippen LogP contribution in [0.4, 0.5) is 0 Å². The molecule has 0 N–H and O–H groups in total. The molecule has 3 aliphatic rings. The zero-order valence-electron chi connectivity index (χ0n) is 22.2. The average molecular weight is 493 g/mol. The lowest BCUT2D eigenvalue weighted by Gasteiger charge is -2.56. The summed E-state index contributed by atoms with van der Waals surface area (Å²) in [6.07, 6.45) is 5.77. The molecule has 1 spiro atoms. The number of methoxy groups -OCH3 is 1. The minimum Gasteiger partial charge on any atom is -0.496 e. The molecule has 190 valence electrons. The lowest BCUT2D eigenvalue weighted by molar-refractivity contribution is 0.00708. The largest absolute Gasteiger partial charge is 0.496 e. The van der Waals surface area contributed by atoms with E-state index in [-0.39, 0.29) is 17.0 Å². The number of para-hydroxylation sites is 1. The minimum atomic E-state index is -0.279. The number of hydrogen-bond donors (Lipinski definition) is 0. The van der Waals surface area contributed by atoms with Crippen molar-refractivity contribution in [3.63, 3.8) is 0 Å². The number of hydrogen-bond acceptors (Lipinski definition) is 3. The monoisotopic (exact) mass is 492 g/mol. The van der Waals surface area contributed by atoms with Gasteiger partial charge in [0.1, 0.15) is 5.75 Å². The van der Waals surface area contributed by atoms with Crippen LogP contribution < -0.4 is 4.74 Å². The molecule has 0 radical (unpaired) electrons. The third-order valence-corrected chi connectivity index (χ3v) is 9.39. The fraction of sp³-hybridized carbons (Fsp3) is 0.364. The van der Waals surface area contributed by atoms with Crippen molar-refractivity contribution >= 4 is 11.5 Å². The van der Waals surface area contributed by atoms with Gasteiger partial charge in [0.15, 0.2) is 0 Å². The second-order valence-electron chi connectivity index (χ2n) is 11.0. The molecule has 1 amide bonds. The lowest BCUT2D eigenvalue weighted by Crippen LogP contribution is -2.60. The molecule has 4 nitrogen and oxygen atoms in total. The van der Waals surface area contributed by atoms with Gasteiger partial charge in [0.2, 0.25) is 0 Å².